The number of alkyl halides is 1. The molecule has 0 spiro atoms. The van der Waals surface area contributed by atoms with Crippen molar-refractivity contribution >= 4 is 22.8 Å². The lowest BCUT2D eigenvalue weighted by Gasteiger charge is -2.37. The summed E-state index contributed by atoms with van der Waals surface area (Å²) in [6.45, 7) is 4.17. The van der Waals surface area contributed by atoms with Gasteiger partial charge in [0.15, 0.2) is 0 Å². The van der Waals surface area contributed by atoms with E-state index < -0.39 is 17.3 Å². The Balaban J connectivity index is 1.33. The number of anilines is 3. The van der Waals surface area contributed by atoms with Crippen LogP contribution in [0.4, 0.5) is 30.5 Å². The van der Waals surface area contributed by atoms with Gasteiger partial charge in [-0.25, -0.2) is 18.2 Å². The molecule has 5 heterocycles. The maximum Gasteiger partial charge on any atom is 0.229 e. The van der Waals surface area contributed by atoms with Crippen LogP contribution in [-0.4, -0.2) is 51.9 Å². The third-order valence-electron chi connectivity index (χ3n) is 7.56. The summed E-state index contributed by atoms with van der Waals surface area (Å²) < 4.78 is 52.6. The third kappa shape index (κ3) is 4.92. The topological polar surface area (TPSA) is 93.6 Å². The van der Waals surface area contributed by atoms with Crippen LogP contribution in [0.15, 0.2) is 48.9 Å². The lowest BCUT2D eigenvalue weighted by Crippen LogP contribution is -2.46. The van der Waals surface area contributed by atoms with Crippen molar-refractivity contribution in [2.24, 2.45) is 11.7 Å². The summed E-state index contributed by atoms with van der Waals surface area (Å²) in [7, 11) is 0. The van der Waals surface area contributed by atoms with Crippen molar-refractivity contribution in [2.75, 3.05) is 36.5 Å². The van der Waals surface area contributed by atoms with Crippen LogP contribution in [0.3, 0.4) is 0 Å². The zero-order valence-corrected chi connectivity index (χ0v) is 21.6. The van der Waals surface area contributed by atoms with Crippen molar-refractivity contribution in [3.8, 4) is 11.3 Å². The number of halogens is 3. The highest BCUT2D eigenvalue weighted by molar-refractivity contribution is 5.74. The number of hydrogen-bond acceptors (Lipinski definition) is 7. The average molecular weight is 538 g/mol. The average Bonchev–Trinajstić information content (AvgIpc) is 3.30. The van der Waals surface area contributed by atoms with Crippen molar-refractivity contribution < 1.29 is 17.9 Å². The maximum absolute atomic E-state index is 15.4. The number of pyridine rings is 1. The van der Waals surface area contributed by atoms with E-state index in [2.05, 4.69) is 32.2 Å². The van der Waals surface area contributed by atoms with Crippen molar-refractivity contribution in [3.05, 3.63) is 66.1 Å². The summed E-state index contributed by atoms with van der Waals surface area (Å²) in [5.41, 5.74) is 6.44. The van der Waals surface area contributed by atoms with Crippen LogP contribution in [0, 0.1) is 17.6 Å². The van der Waals surface area contributed by atoms with Gasteiger partial charge >= 0.3 is 0 Å². The molecule has 204 valence electrons. The highest BCUT2D eigenvalue weighted by Gasteiger charge is 2.36. The van der Waals surface area contributed by atoms with E-state index >= 15 is 13.2 Å². The van der Waals surface area contributed by atoms with E-state index in [1.165, 1.54) is 10.6 Å². The summed E-state index contributed by atoms with van der Waals surface area (Å²) >= 11 is 0. The molecule has 0 saturated carbocycles. The summed E-state index contributed by atoms with van der Waals surface area (Å²) in [5.74, 6) is -0.945. The number of piperidine rings is 1. The zero-order chi connectivity index (χ0) is 27.1. The standard InChI is InChI=1S/C28H30F3N7O/c1-17-10-19(32)16-37(15-17)25-4-7-33-14-24(25)35-27-34-13-20-2-3-23(36-38(20)27)26-21(29)11-18(12-22(26)30)28(31)5-8-39-9-6-28/h2-4,7,11-14,17,19H,5-6,8-10,15-16,32H2,1H3,(H,34,35). The fourth-order valence-corrected chi connectivity index (χ4v) is 5.64. The normalized spacial score (nSPS) is 21.3. The highest BCUT2D eigenvalue weighted by Crippen LogP contribution is 2.39. The second-order valence-electron chi connectivity index (χ2n) is 10.6. The van der Waals surface area contributed by atoms with Crippen LogP contribution in [0.25, 0.3) is 16.8 Å². The Hall–Kier alpha value is -3.70. The molecule has 2 aliphatic heterocycles. The smallest absolute Gasteiger partial charge is 0.229 e. The Morgan fingerprint density at radius 3 is 2.59 bits per heavy atom. The molecule has 0 bridgehead atoms. The number of aromatic nitrogens is 4. The molecule has 3 aromatic heterocycles. The monoisotopic (exact) mass is 537 g/mol. The quantitative estimate of drug-likeness (QED) is 0.372. The van der Waals surface area contributed by atoms with Crippen LogP contribution in [0.5, 0.6) is 0 Å². The number of benzene rings is 1. The van der Waals surface area contributed by atoms with Gasteiger partial charge in [-0.15, -0.1) is 0 Å². The van der Waals surface area contributed by atoms with Gasteiger partial charge in [-0.2, -0.15) is 9.61 Å². The first-order valence-corrected chi connectivity index (χ1v) is 13.1. The molecule has 1 aromatic carbocycles. The number of nitrogens with zero attached hydrogens (tertiary/aromatic N) is 5. The van der Waals surface area contributed by atoms with E-state index in [0.717, 1.165) is 37.3 Å². The minimum atomic E-state index is -1.82. The Labute approximate surface area is 224 Å². The van der Waals surface area contributed by atoms with Crippen LogP contribution in [0.1, 0.15) is 31.7 Å². The van der Waals surface area contributed by atoms with Gasteiger partial charge in [-0.1, -0.05) is 6.92 Å². The molecule has 2 fully saturated rings. The minimum absolute atomic E-state index is 0.0218. The molecular formula is C28H30F3N7O. The molecule has 3 N–H and O–H groups in total. The zero-order valence-electron chi connectivity index (χ0n) is 21.6. The van der Waals surface area contributed by atoms with Gasteiger partial charge in [0, 0.05) is 51.4 Å². The largest absolute Gasteiger partial charge is 0.381 e. The second-order valence-corrected chi connectivity index (χ2v) is 10.6. The van der Waals surface area contributed by atoms with E-state index in [0.29, 0.717) is 23.1 Å². The van der Waals surface area contributed by atoms with E-state index in [9.17, 15) is 0 Å². The Morgan fingerprint density at radius 1 is 1.08 bits per heavy atom. The molecule has 2 unspecified atom stereocenters. The summed E-state index contributed by atoms with van der Waals surface area (Å²) in [4.78, 5) is 10.9. The molecule has 2 aliphatic rings. The number of imidazole rings is 1. The molecule has 2 saturated heterocycles. The number of ether oxygens (including phenoxy) is 1. The van der Waals surface area contributed by atoms with Gasteiger partial charge in [0.25, 0.3) is 0 Å². The molecule has 4 aromatic rings. The van der Waals surface area contributed by atoms with Gasteiger partial charge < -0.3 is 20.7 Å². The van der Waals surface area contributed by atoms with E-state index in [-0.39, 0.29) is 48.9 Å². The van der Waals surface area contributed by atoms with Gasteiger partial charge in [0.1, 0.15) is 17.3 Å². The number of rotatable bonds is 5. The number of nitrogens with two attached hydrogens (primary N) is 1. The van der Waals surface area contributed by atoms with Crippen LogP contribution >= 0.6 is 0 Å². The lowest BCUT2D eigenvalue weighted by atomic mass is 9.87. The van der Waals surface area contributed by atoms with Crippen LogP contribution in [0.2, 0.25) is 0 Å². The molecule has 0 radical (unpaired) electrons. The summed E-state index contributed by atoms with van der Waals surface area (Å²) in [6.07, 6.45) is 6.11. The molecule has 0 aliphatic carbocycles. The first kappa shape index (κ1) is 25.6. The maximum atomic E-state index is 15.4. The van der Waals surface area contributed by atoms with Crippen molar-refractivity contribution in [1.82, 2.24) is 19.6 Å². The molecule has 11 heteroatoms. The van der Waals surface area contributed by atoms with E-state index in [1.807, 2.05) is 6.07 Å². The number of nitrogens with one attached hydrogen (secondary N) is 1. The van der Waals surface area contributed by atoms with E-state index in [1.54, 1.807) is 24.7 Å². The number of hydrogen-bond donors (Lipinski definition) is 2. The van der Waals surface area contributed by atoms with E-state index in [4.69, 9.17) is 10.5 Å². The fraction of sp³-hybridized carbons (Fsp3) is 0.393. The van der Waals surface area contributed by atoms with Gasteiger partial charge in [0.05, 0.1) is 40.5 Å². The summed E-state index contributed by atoms with van der Waals surface area (Å²) in [5, 5.41) is 7.78. The first-order chi connectivity index (χ1) is 18.8. The van der Waals surface area contributed by atoms with Crippen molar-refractivity contribution in [3.63, 3.8) is 0 Å². The SMILES string of the molecule is CC1CC(N)CN(c2ccncc2Nc2ncc3ccc(-c4c(F)cc(C5(F)CCOCC5)cc4F)nn23)C1. The first-order valence-electron chi connectivity index (χ1n) is 13.1. The third-order valence-corrected chi connectivity index (χ3v) is 7.56. The Kier molecular flexibility index (Phi) is 6.64. The Bertz CT molecular complexity index is 1470. The van der Waals surface area contributed by atoms with Gasteiger partial charge in [-0.05, 0) is 48.2 Å². The van der Waals surface area contributed by atoms with Crippen LogP contribution < -0.4 is 16.0 Å². The minimum Gasteiger partial charge on any atom is -0.381 e. The van der Waals surface area contributed by atoms with Gasteiger partial charge in [-0.3, -0.25) is 4.98 Å². The Morgan fingerprint density at radius 2 is 1.85 bits per heavy atom. The number of fused-ring (bicyclic) bond motifs is 1. The predicted molar refractivity (Wildman–Crippen MR) is 143 cm³/mol. The fourth-order valence-electron chi connectivity index (χ4n) is 5.64. The van der Waals surface area contributed by atoms with Crippen molar-refractivity contribution in [2.45, 2.75) is 37.9 Å². The van der Waals surface area contributed by atoms with Crippen LogP contribution in [-0.2, 0) is 10.4 Å². The van der Waals surface area contributed by atoms with Crippen molar-refractivity contribution in [1.29, 1.82) is 0 Å². The lowest BCUT2D eigenvalue weighted by molar-refractivity contribution is -0.0117. The second kappa shape index (κ2) is 10.1. The molecule has 0 amide bonds. The molecule has 39 heavy (non-hydrogen) atoms. The molecule has 6 rings (SSSR count). The highest BCUT2D eigenvalue weighted by atomic mass is 19.1. The summed E-state index contributed by atoms with van der Waals surface area (Å²) in [6, 6.07) is 7.32. The predicted octanol–water partition coefficient (Wildman–Crippen LogP) is 4.96. The molecular weight excluding hydrogens is 507 g/mol. The van der Waals surface area contributed by atoms with Gasteiger partial charge in [0.2, 0.25) is 5.95 Å². The molecule has 2 atom stereocenters. The molecule has 8 nitrogen and oxygen atoms in total.